The molecule has 0 radical (unpaired) electrons. The van der Waals surface area contributed by atoms with E-state index in [4.69, 9.17) is 14.2 Å². The van der Waals surface area contributed by atoms with E-state index < -0.39 is 37.0 Å². The predicted octanol–water partition coefficient (Wildman–Crippen LogP) is 9.16. The summed E-state index contributed by atoms with van der Waals surface area (Å²) in [4.78, 5) is 40.4. The second-order valence-electron chi connectivity index (χ2n) is 21.7. The number of anilines is 2. The lowest BCUT2D eigenvalue weighted by molar-refractivity contribution is -0.384. The molecule has 5 aliphatic rings. The predicted molar refractivity (Wildman–Crippen MR) is 282 cm³/mol. The largest absolute Gasteiger partial charge is 0.486 e. The number of nitro benzene ring substituents is 1. The lowest BCUT2D eigenvalue weighted by Crippen LogP contribution is -2.68. The van der Waals surface area contributed by atoms with Gasteiger partial charge in [0, 0.05) is 98.3 Å². The number of sulfonamides is 1. The summed E-state index contributed by atoms with van der Waals surface area (Å²) < 4.78 is 48.3. The van der Waals surface area contributed by atoms with Gasteiger partial charge < -0.3 is 34.5 Å². The second kappa shape index (κ2) is 19.8. The van der Waals surface area contributed by atoms with Crippen molar-refractivity contribution in [3.8, 4) is 23.0 Å². The van der Waals surface area contributed by atoms with Crippen LogP contribution in [0.25, 0.3) is 11.0 Å². The number of ether oxygens (including phenoxy) is 3. The lowest BCUT2D eigenvalue weighted by Gasteiger charge is -2.63. The fourth-order valence-corrected chi connectivity index (χ4v) is 13.0. The number of pyridine rings is 1. The summed E-state index contributed by atoms with van der Waals surface area (Å²) in [5.41, 5.74) is 4.53. The summed E-state index contributed by atoms with van der Waals surface area (Å²) in [5, 5.41) is 26.5. The fourth-order valence-electron chi connectivity index (χ4n) is 12.0. The van der Waals surface area contributed by atoms with Crippen LogP contribution in [0.15, 0.2) is 108 Å². The van der Waals surface area contributed by atoms with Gasteiger partial charge in [-0.2, -0.15) is 0 Å². The number of hydrogen-bond donors (Lipinski definition) is 4. The summed E-state index contributed by atoms with van der Waals surface area (Å²) in [7, 11) is -4.59. The van der Waals surface area contributed by atoms with E-state index in [1.54, 1.807) is 24.4 Å². The third-order valence-electron chi connectivity index (χ3n) is 16.0. The Kier molecular flexibility index (Phi) is 13.3. The van der Waals surface area contributed by atoms with Gasteiger partial charge in [-0.25, -0.2) is 18.1 Å². The number of nitrogens with zero attached hydrogens (tertiary/aromatic N) is 5. The summed E-state index contributed by atoms with van der Waals surface area (Å²) in [6.07, 6.45) is 8.20. The van der Waals surface area contributed by atoms with Crippen molar-refractivity contribution in [1.82, 2.24) is 24.5 Å². The summed E-state index contributed by atoms with van der Waals surface area (Å²) in [6, 6.07) is 28.1. The number of nitrogens with one attached hydrogen (secondary N) is 3. The Bertz CT molecular complexity index is 3190. The van der Waals surface area contributed by atoms with Gasteiger partial charge in [-0.3, -0.25) is 24.7 Å². The van der Waals surface area contributed by atoms with Crippen LogP contribution in [0.5, 0.6) is 23.0 Å². The first kappa shape index (κ1) is 49.5. The molecule has 1 spiro atoms. The smallest absolute Gasteiger partial charge is 0.293 e. The highest BCUT2D eigenvalue weighted by Crippen LogP contribution is 2.54. The average Bonchev–Trinajstić information content (AvgIpc) is 3.85. The molecule has 1 amide bonds. The Morgan fingerprint density at radius 3 is 2.58 bits per heavy atom. The van der Waals surface area contributed by atoms with Gasteiger partial charge in [0.2, 0.25) is 0 Å². The van der Waals surface area contributed by atoms with E-state index in [9.17, 15) is 28.4 Å². The van der Waals surface area contributed by atoms with Crippen LogP contribution in [0, 0.1) is 21.4 Å². The number of carbonyl (C=O) groups is 1. The first-order valence-corrected chi connectivity index (χ1v) is 27.3. The van der Waals surface area contributed by atoms with Crippen molar-refractivity contribution >= 4 is 44.0 Å². The number of aromatic amines is 1. The zero-order valence-electron chi connectivity index (χ0n) is 42.1. The Morgan fingerprint density at radius 2 is 1.78 bits per heavy atom. The van der Waals surface area contributed by atoms with E-state index >= 15 is 0 Å². The van der Waals surface area contributed by atoms with Gasteiger partial charge in [0.15, 0.2) is 11.5 Å². The molecular formula is C56H64N8O9S. The number of fused-ring (bicyclic) bond motifs is 2. The molecular weight excluding hydrogens is 961 g/mol. The molecule has 0 unspecified atom stereocenters. The van der Waals surface area contributed by atoms with Gasteiger partial charge in [-0.15, -0.1) is 0 Å². The Morgan fingerprint density at radius 1 is 0.986 bits per heavy atom. The van der Waals surface area contributed by atoms with Crippen LogP contribution in [-0.4, -0.2) is 108 Å². The molecule has 4 N–H and O–H groups in total. The lowest BCUT2D eigenvalue weighted by atomic mass is 9.59. The Hall–Kier alpha value is -6.73. The van der Waals surface area contributed by atoms with Crippen LogP contribution in [-0.2, 0) is 16.6 Å². The molecule has 2 saturated heterocycles. The number of hydrogen-bond acceptors (Lipinski definition) is 14. The van der Waals surface area contributed by atoms with E-state index in [1.165, 1.54) is 29.5 Å². The minimum Gasteiger partial charge on any atom is -0.486 e. The number of amides is 1. The highest BCUT2D eigenvalue weighted by atomic mass is 32.2. The van der Waals surface area contributed by atoms with Gasteiger partial charge >= 0.3 is 0 Å². The third kappa shape index (κ3) is 10.1. The number of aromatic nitrogens is 2. The number of H-pyrrole nitrogens is 1. The number of aliphatic hydroxyl groups is 1. The van der Waals surface area contributed by atoms with E-state index in [0.29, 0.717) is 56.0 Å². The molecule has 74 heavy (non-hydrogen) atoms. The molecule has 4 aromatic carbocycles. The quantitative estimate of drug-likeness (QED) is 0.0560. The standard InChI is InChI=1S/C56H64N8O9S/c1-36(2)44-8-4-5-9-45(44)49-33-61(32-39-7-6-10-50-52(39)72-24-23-71-50)21-22-63(49)41-28-56(29-41)34-62(35-56)40-11-13-46(51(26-40)73-42-25-38-17-20-57-53(38)59-31-42)54(65)60-74(69,70)43-12-14-47(48(27-43)64(67)68)58-30-37-15-18-55(3,66)19-16-37/h4-14,17,20,25-27,31,36-37,41,49,58,66H,15-16,18-19,21-24,28-30,32-35H2,1-3H3,(H,57,59)(H,60,65)/t37?,49-,55?/m1/s1. The highest BCUT2D eigenvalue weighted by Gasteiger charge is 2.55. The Labute approximate surface area is 431 Å². The SMILES string of the molecule is CC(C)c1ccccc1[C@H]1CN(Cc2cccc3c2OCCO3)CCN1C1CC2(C1)CN(c1ccc(C(=O)NS(=O)(=O)c3ccc(NCC4CCC(C)(O)CC4)c([N+](=O)[O-])c3)c(Oc3cnc4[nH]ccc4c3)c1)C2. The van der Waals surface area contributed by atoms with Crippen LogP contribution in [0.4, 0.5) is 17.1 Å². The fraction of sp³-hybridized carbons (Fsp3) is 0.429. The molecule has 3 aliphatic heterocycles. The number of para-hydroxylation sites is 1. The summed E-state index contributed by atoms with van der Waals surface area (Å²) in [5.74, 6) is 1.79. The van der Waals surface area contributed by atoms with Crippen LogP contribution in [0.3, 0.4) is 0 Å². The molecule has 2 aromatic heterocycles. The third-order valence-corrected chi connectivity index (χ3v) is 17.4. The van der Waals surface area contributed by atoms with Crippen molar-refractivity contribution in [2.75, 3.05) is 62.7 Å². The van der Waals surface area contributed by atoms with Gasteiger partial charge in [0.25, 0.3) is 21.6 Å². The molecule has 0 bridgehead atoms. The molecule has 11 rings (SSSR count). The molecule has 17 nitrogen and oxygen atoms in total. The number of benzene rings is 4. The maximum Gasteiger partial charge on any atom is 0.293 e. The number of piperazine rings is 1. The first-order chi connectivity index (χ1) is 35.6. The van der Waals surface area contributed by atoms with Crippen molar-refractivity contribution in [1.29, 1.82) is 0 Å². The summed E-state index contributed by atoms with van der Waals surface area (Å²) in [6.45, 7) is 13.1. The van der Waals surface area contributed by atoms with Gasteiger partial charge in [-0.05, 0) is 111 Å². The first-order valence-electron chi connectivity index (χ1n) is 25.9. The molecule has 18 heteroatoms. The number of carbonyl (C=O) groups excluding carboxylic acids is 1. The van der Waals surface area contributed by atoms with Crippen molar-refractivity contribution in [3.05, 3.63) is 136 Å². The van der Waals surface area contributed by atoms with Crippen molar-refractivity contribution in [2.45, 2.75) is 94.3 Å². The second-order valence-corrected chi connectivity index (χ2v) is 23.4. The van der Waals surface area contributed by atoms with Crippen LogP contribution in [0.1, 0.15) is 98.3 Å². The molecule has 6 aromatic rings. The molecule has 1 atom stereocenters. The molecule has 2 saturated carbocycles. The monoisotopic (exact) mass is 1020 g/mol. The van der Waals surface area contributed by atoms with Crippen molar-refractivity contribution in [3.63, 3.8) is 0 Å². The molecule has 4 fully saturated rings. The number of rotatable bonds is 15. The van der Waals surface area contributed by atoms with E-state index in [2.05, 4.69) is 85.0 Å². The van der Waals surface area contributed by atoms with Crippen LogP contribution < -0.4 is 29.1 Å². The molecule has 2 aliphatic carbocycles. The van der Waals surface area contributed by atoms with Crippen LogP contribution >= 0.6 is 0 Å². The van der Waals surface area contributed by atoms with Gasteiger partial charge in [0.05, 0.1) is 27.2 Å². The Balaban J connectivity index is 0.790. The van der Waals surface area contributed by atoms with Gasteiger partial charge in [-0.1, -0.05) is 50.2 Å². The minimum absolute atomic E-state index is 0.0375. The highest BCUT2D eigenvalue weighted by molar-refractivity contribution is 7.90. The normalized spacial score (nSPS) is 22.0. The van der Waals surface area contributed by atoms with E-state index in [1.807, 2.05) is 25.1 Å². The summed E-state index contributed by atoms with van der Waals surface area (Å²) >= 11 is 0. The van der Waals surface area contributed by atoms with Crippen LogP contribution in [0.2, 0.25) is 0 Å². The average molecular weight is 1030 g/mol. The zero-order chi connectivity index (χ0) is 51.4. The number of nitro groups is 1. The topological polar surface area (TPSA) is 205 Å². The maximum absolute atomic E-state index is 14.1. The maximum atomic E-state index is 14.1. The van der Waals surface area contributed by atoms with Crippen molar-refractivity contribution < 1.29 is 37.5 Å². The van der Waals surface area contributed by atoms with E-state index in [-0.39, 0.29) is 34.4 Å². The minimum atomic E-state index is -4.59. The van der Waals surface area contributed by atoms with E-state index in [0.717, 1.165) is 99.2 Å². The zero-order valence-corrected chi connectivity index (χ0v) is 42.9. The van der Waals surface area contributed by atoms with Crippen molar-refractivity contribution in [2.24, 2.45) is 11.3 Å². The molecule has 5 heterocycles. The van der Waals surface area contributed by atoms with Gasteiger partial charge in [0.1, 0.15) is 36.0 Å². The molecule has 388 valence electrons.